The second-order valence-corrected chi connectivity index (χ2v) is 4.70. The van der Waals surface area contributed by atoms with E-state index in [-0.39, 0.29) is 11.9 Å². The van der Waals surface area contributed by atoms with Crippen LogP contribution < -0.4 is 10.6 Å². The molecule has 0 aliphatic rings. The molecule has 1 amide bonds. The minimum Gasteiger partial charge on any atom is -0.359 e. The first-order valence-electron chi connectivity index (χ1n) is 5.30. The van der Waals surface area contributed by atoms with Crippen LogP contribution in [0.5, 0.6) is 0 Å². The normalized spacial score (nSPS) is 12.2. The molecule has 1 aromatic carbocycles. The van der Waals surface area contributed by atoms with E-state index in [0.717, 1.165) is 11.0 Å². The lowest BCUT2D eigenvalue weighted by Crippen LogP contribution is -2.31. The van der Waals surface area contributed by atoms with Crippen molar-refractivity contribution in [2.45, 2.75) is 25.9 Å². The quantitative estimate of drug-likeness (QED) is 0.869. The fourth-order valence-electron chi connectivity index (χ4n) is 1.35. The molecule has 1 atom stereocenters. The van der Waals surface area contributed by atoms with Gasteiger partial charge in [0.05, 0.1) is 0 Å². The van der Waals surface area contributed by atoms with E-state index in [1.807, 2.05) is 19.1 Å². The van der Waals surface area contributed by atoms with Crippen molar-refractivity contribution < 1.29 is 4.79 Å². The zero-order valence-electron chi connectivity index (χ0n) is 9.59. The molecule has 0 saturated carbocycles. The molecule has 4 heteroatoms. The molecule has 2 N–H and O–H groups in total. The zero-order valence-corrected chi connectivity index (χ0v) is 11.2. The minimum absolute atomic E-state index is 0.0656. The predicted molar refractivity (Wildman–Crippen MR) is 69.1 cm³/mol. The molecule has 0 aromatic heterocycles. The summed E-state index contributed by atoms with van der Waals surface area (Å²) in [7, 11) is 1.66. The Balaban J connectivity index is 2.34. The molecule has 1 aromatic rings. The van der Waals surface area contributed by atoms with Crippen molar-refractivity contribution in [3.8, 4) is 0 Å². The Morgan fingerprint density at radius 3 is 2.56 bits per heavy atom. The van der Waals surface area contributed by atoms with Gasteiger partial charge in [-0.2, -0.15) is 0 Å². The van der Waals surface area contributed by atoms with E-state index in [1.54, 1.807) is 7.05 Å². The Labute approximate surface area is 105 Å². The van der Waals surface area contributed by atoms with Gasteiger partial charge in [-0.1, -0.05) is 28.1 Å². The molecular formula is C12H17BrN2O. The summed E-state index contributed by atoms with van der Waals surface area (Å²) in [6.45, 7) is 2.79. The summed E-state index contributed by atoms with van der Waals surface area (Å²) in [4.78, 5) is 11.1. The zero-order chi connectivity index (χ0) is 12.0. The van der Waals surface area contributed by atoms with Crippen LogP contribution in [-0.2, 0) is 11.3 Å². The summed E-state index contributed by atoms with van der Waals surface area (Å²) in [6, 6.07) is 8.33. The number of amides is 1. The van der Waals surface area contributed by atoms with E-state index in [0.29, 0.717) is 6.42 Å². The molecule has 3 nitrogen and oxygen atoms in total. The summed E-state index contributed by atoms with van der Waals surface area (Å²) in [5, 5.41) is 5.92. The first-order chi connectivity index (χ1) is 7.61. The number of hydrogen-bond donors (Lipinski definition) is 2. The van der Waals surface area contributed by atoms with Crippen LogP contribution in [0.2, 0.25) is 0 Å². The maximum atomic E-state index is 11.1. The van der Waals surface area contributed by atoms with Crippen LogP contribution in [-0.4, -0.2) is 19.0 Å². The van der Waals surface area contributed by atoms with Crippen LogP contribution in [0.1, 0.15) is 18.9 Å². The number of carbonyl (C=O) groups excluding carboxylic acids is 1. The topological polar surface area (TPSA) is 41.1 Å². The Bertz CT molecular complexity index is 337. The standard InChI is InChI=1S/C12H17BrN2O/c1-9(7-12(16)14-2)15-8-10-3-5-11(13)6-4-10/h3-6,9,15H,7-8H2,1-2H3,(H,14,16). The van der Waals surface area contributed by atoms with Crippen LogP contribution in [0, 0.1) is 0 Å². The van der Waals surface area contributed by atoms with Crippen LogP contribution in [0.4, 0.5) is 0 Å². The summed E-state index contributed by atoms with van der Waals surface area (Å²) in [6.07, 6.45) is 0.507. The third kappa shape index (κ3) is 4.77. The average molecular weight is 285 g/mol. The molecule has 88 valence electrons. The van der Waals surface area contributed by atoms with E-state index in [2.05, 4.69) is 38.7 Å². The molecule has 16 heavy (non-hydrogen) atoms. The van der Waals surface area contributed by atoms with E-state index in [1.165, 1.54) is 5.56 Å². The van der Waals surface area contributed by atoms with E-state index >= 15 is 0 Å². The monoisotopic (exact) mass is 284 g/mol. The molecule has 0 radical (unpaired) electrons. The van der Waals surface area contributed by atoms with Crippen molar-refractivity contribution in [3.05, 3.63) is 34.3 Å². The van der Waals surface area contributed by atoms with Crippen molar-refractivity contribution >= 4 is 21.8 Å². The first kappa shape index (κ1) is 13.2. The van der Waals surface area contributed by atoms with Gasteiger partial charge < -0.3 is 10.6 Å². The van der Waals surface area contributed by atoms with Gasteiger partial charge in [0.2, 0.25) is 5.91 Å². The van der Waals surface area contributed by atoms with Gasteiger partial charge in [0.15, 0.2) is 0 Å². The van der Waals surface area contributed by atoms with Gasteiger partial charge >= 0.3 is 0 Å². The summed E-state index contributed by atoms with van der Waals surface area (Å²) < 4.78 is 1.08. The van der Waals surface area contributed by atoms with Crippen molar-refractivity contribution in [3.63, 3.8) is 0 Å². The second-order valence-electron chi connectivity index (χ2n) is 3.79. The van der Waals surface area contributed by atoms with Gasteiger partial charge in [-0.25, -0.2) is 0 Å². The summed E-state index contributed by atoms with van der Waals surface area (Å²) in [5.41, 5.74) is 1.21. The maximum Gasteiger partial charge on any atom is 0.221 e. The number of carbonyl (C=O) groups is 1. The minimum atomic E-state index is 0.0656. The molecule has 1 rings (SSSR count). The summed E-state index contributed by atoms with van der Waals surface area (Å²) in [5.74, 6) is 0.0656. The Hall–Kier alpha value is -0.870. The molecule has 1 unspecified atom stereocenters. The van der Waals surface area contributed by atoms with E-state index in [9.17, 15) is 4.79 Å². The fourth-order valence-corrected chi connectivity index (χ4v) is 1.61. The van der Waals surface area contributed by atoms with Crippen LogP contribution >= 0.6 is 15.9 Å². The van der Waals surface area contributed by atoms with Gasteiger partial charge in [0.1, 0.15) is 0 Å². The molecule has 0 heterocycles. The number of nitrogens with one attached hydrogen (secondary N) is 2. The lowest BCUT2D eigenvalue weighted by atomic mass is 10.2. The number of benzene rings is 1. The summed E-state index contributed by atoms with van der Waals surface area (Å²) >= 11 is 3.39. The highest BCUT2D eigenvalue weighted by Gasteiger charge is 2.06. The highest BCUT2D eigenvalue weighted by molar-refractivity contribution is 9.10. The number of rotatable bonds is 5. The molecule has 0 saturated heterocycles. The van der Waals surface area contributed by atoms with Crippen molar-refractivity contribution in [1.82, 2.24) is 10.6 Å². The highest BCUT2D eigenvalue weighted by Crippen LogP contribution is 2.10. The van der Waals surface area contributed by atoms with Gasteiger partial charge in [0.25, 0.3) is 0 Å². The number of halogens is 1. The van der Waals surface area contributed by atoms with Crippen molar-refractivity contribution in [2.24, 2.45) is 0 Å². The third-order valence-electron chi connectivity index (χ3n) is 2.34. The third-order valence-corrected chi connectivity index (χ3v) is 2.87. The van der Waals surface area contributed by atoms with E-state index in [4.69, 9.17) is 0 Å². The van der Waals surface area contributed by atoms with Gasteiger partial charge in [0, 0.05) is 30.5 Å². The fraction of sp³-hybridized carbons (Fsp3) is 0.417. The Kier molecular flexibility index (Phi) is 5.49. The Morgan fingerprint density at radius 2 is 2.00 bits per heavy atom. The molecule has 0 fully saturated rings. The molecular weight excluding hydrogens is 268 g/mol. The van der Waals surface area contributed by atoms with Crippen LogP contribution in [0.3, 0.4) is 0 Å². The van der Waals surface area contributed by atoms with Crippen molar-refractivity contribution in [1.29, 1.82) is 0 Å². The average Bonchev–Trinajstić information content (AvgIpc) is 2.28. The van der Waals surface area contributed by atoms with E-state index < -0.39 is 0 Å². The lowest BCUT2D eigenvalue weighted by molar-refractivity contribution is -0.121. The lowest BCUT2D eigenvalue weighted by Gasteiger charge is -2.12. The Morgan fingerprint density at radius 1 is 1.38 bits per heavy atom. The van der Waals surface area contributed by atoms with Crippen molar-refractivity contribution in [2.75, 3.05) is 7.05 Å². The predicted octanol–water partition coefficient (Wildman–Crippen LogP) is 2.06. The first-order valence-corrected chi connectivity index (χ1v) is 6.09. The van der Waals surface area contributed by atoms with Crippen LogP contribution in [0.15, 0.2) is 28.7 Å². The highest BCUT2D eigenvalue weighted by atomic mass is 79.9. The van der Waals surface area contributed by atoms with Gasteiger partial charge in [-0.05, 0) is 24.6 Å². The largest absolute Gasteiger partial charge is 0.359 e. The maximum absolute atomic E-state index is 11.1. The smallest absolute Gasteiger partial charge is 0.221 e. The van der Waals surface area contributed by atoms with Gasteiger partial charge in [-0.15, -0.1) is 0 Å². The molecule has 0 aliphatic carbocycles. The van der Waals surface area contributed by atoms with Gasteiger partial charge in [-0.3, -0.25) is 4.79 Å². The molecule has 0 bridgehead atoms. The SMILES string of the molecule is CNC(=O)CC(C)NCc1ccc(Br)cc1. The molecule has 0 spiro atoms. The second kappa shape index (κ2) is 6.66. The number of hydrogen-bond acceptors (Lipinski definition) is 2. The van der Waals surface area contributed by atoms with Crippen LogP contribution in [0.25, 0.3) is 0 Å². The molecule has 0 aliphatic heterocycles.